The average molecular weight is 352 g/mol. The number of carbonyl (C=O) groups excluding carboxylic acids is 1. The number of anilines is 3. The number of aromatic nitrogens is 1. The molecule has 0 radical (unpaired) electrons. The molecule has 3 N–H and O–H groups in total. The van der Waals surface area contributed by atoms with Gasteiger partial charge in [-0.15, -0.1) is 0 Å². The Kier molecular flexibility index (Phi) is 4.77. The van der Waals surface area contributed by atoms with Crippen LogP contribution in [0.25, 0.3) is 0 Å². The fourth-order valence-corrected chi connectivity index (χ4v) is 3.60. The van der Waals surface area contributed by atoms with Gasteiger partial charge in [0, 0.05) is 17.8 Å². The number of rotatable bonds is 5. The number of likely N-dealkylation sites (tertiary alicyclic amines) is 1. The van der Waals surface area contributed by atoms with Crippen LogP contribution < -0.4 is 11.1 Å². The quantitative estimate of drug-likeness (QED) is 0.807. The Morgan fingerprint density at radius 1 is 1.46 bits per heavy atom. The predicted molar refractivity (Wildman–Crippen MR) is 90.8 cm³/mol. The van der Waals surface area contributed by atoms with Gasteiger partial charge in [0.1, 0.15) is 10.7 Å². The minimum atomic E-state index is -0.955. The number of nitrogens with zero attached hydrogens (tertiary/aromatic N) is 2. The predicted octanol–water partition coefficient (Wildman–Crippen LogP) is 3.41. The van der Waals surface area contributed by atoms with Crippen molar-refractivity contribution in [3.63, 3.8) is 0 Å². The second kappa shape index (κ2) is 6.82. The van der Waals surface area contributed by atoms with E-state index in [4.69, 9.17) is 5.73 Å². The Bertz CT molecular complexity index is 765. The number of ketones is 1. The molecule has 1 aliphatic heterocycles. The highest BCUT2D eigenvalue weighted by molar-refractivity contribution is 7.18. The van der Waals surface area contributed by atoms with E-state index in [-0.39, 0.29) is 11.6 Å². The molecule has 3 rings (SSSR count). The fourth-order valence-electron chi connectivity index (χ4n) is 2.77. The van der Waals surface area contributed by atoms with Crippen molar-refractivity contribution < 1.29 is 13.6 Å². The lowest BCUT2D eigenvalue weighted by Crippen LogP contribution is -2.32. The van der Waals surface area contributed by atoms with Crippen LogP contribution >= 0.6 is 11.3 Å². The van der Waals surface area contributed by atoms with Gasteiger partial charge in [-0.25, -0.2) is 13.8 Å². The third kappa shape index (κ3) is 3.54. The van der Waals surface area contributed by atoms with Crippen molar-refractivity contribution in [1.29, 1.82) is 0 Å². The maximum absolute atomic E-state index is 13.2. The summed E-state index contributed by atoms with van der Waals surface area (Å²) in [5.41, 5.74) is 6.19. The normalized spacial score (nSPS) is 18.0. The van der Waals surface area contributed by atoms with Gasteiger partial charge in [-0.05, 0) is 38.4 Å². The van der Waals surface area contributed by atoms with Crippen molar-refractivity contribution in [3.05, 3.63) is 34.7 Å². The van der Waals surface area contributed by atoms with Crippen LogP contribution in [0.3, 0.4) is 0 Å². The van der Waals surface area contributed by atoms with Gasteiger partial charge in [0.25, 0.3) is 0 Å². The van der Waals surface area contributed by atoms with Gasteiger partial charge in [-0.3, -0.25) is 9.69 Å². The topological polar surface area (TPSA) is 71.2 Å². The van der Waals surface area contributed by atoms with E-state index in [1.807, 2.05) is 0 Å². The highest BCUT2D eigenvalue weighted by Gasteiger charge is 2.25. The number of nitrogen functional groups attached to an aromatic ring is 1. The minimum Gasteiger partial charge on any atom is -0.382 e. The summed E-state index contributed by atoms with van der Waals surface area (Å²) in [5, 5.41) is 3.22. The van der Waals surface area contributed by atoms with Crippen LogP contribution in [0.2, 0.25) is 0 Å². The summed E-state index contributed by atoms with van der Waals surface area (Å²) < 4.78 is 26.2. The number of halogens is 2. The van der Waals surface area contributed by atoms with Crippen LogP contribution in [0.5, 0.6) is 0 Å². The van der Waals surface area contributed by atoms with Crippen LogP contribution in [-0.4, -0.2) is 34.8 Å². The van der Waals surface area contributed by atoms with E-state index >= 15 is 0 Å². The van der Waals surface area contributed by atoms with Crippen LogP contribution in [0.4, 0.5) is 25.4 Å². The first-order chi connectivity index (χ1) is 11.4. The van der Waals surface area contributed by atoms with Crippen LogP contribution in [0.1, 0.15) is 29.4 Å². The molecular formula is C16H18F2N4OS. The van der Waals surface area contributed by atoms with Crippen LogP contribution in [-0.2, 0) is 0 Å². The van der Waals surface area contributed by atoms with Crippen LogP contribution in [0, 0.1) is 11.6 Å². The standard InChI is InChI=1S/C16H18F2N4OS/c1-9-3-2-6-22(9)8-13(23)14-15(19)21-16(24-14)20-10-4-5-11(17)12(18)7-10/h4-5,7,9H,2-3,6,8,19H2,1H3,(H,20,21). The van der Waals surface area contributed by atoms with Crippen molar-refractivity contribution in [2.45, 2.75) is 25.8 Å². The molecule has 8 heteroatoms. The zero-order chi connectivity index (χ0) is 17.3. The number of benzene rings is 1. The Labute approximate surface area is 142 Å². The highest BCUT2D eigenvalue weighted by atomic mass is 32.1. The van der Waals surface area contributed by atoms with Gasteiger partial charge in [0.15, 0.2) is 22.5 Å². The largest absolute Gasteiger partial charge is 0.382 e. The molecule has 0 saturated carbocycles. The van der Waals surface area contributed by atoms with Gasteiger partial charge >= 0.3 is 0 Å². The van der Waals surface area contributed by atoms with Gasteiger partial charge in [-0.2, -0.15) is 0 Å². The summed E-state index contributed by atoms with van der Waals surface area (Å²) >= 11 is 1.12. The lowest BCUT2D eigenvalue weighted by molar-refractivity contribution is 0.0931. The summed E-state index contributed by atoms with van der Waals surface area (Å²) in [5.74, 6) is -1.79. The van der Waals surface area contributed by atoms with Gasteiger partial charge in [0.2, 0.25) is 0 Å². The molecule has 0 amide bonds. The van der Waals surface area contributed by atoms with E-state index in [9.17, 15) is 13.6 Å². The molecule has 1 aromatic carbocycles. The monoisotopic (exact) mass is 352 g/mol. The van der Waals surface area contributed by atoms with Gasteiger partial charge < -0.3 is 11.1 Å². The Balaban J connectivity index is 1.72. The second-order valence-electron chi connectivity index (χ2n) is 5.87. The van der Waals surface area contributed by atoms with E-state index in [1.54, 1.807) is 0 Å². The number of carbonyl (C=O) groups is 1. The van der Waals surface area contributed by atoms with Crippen LogP contribution in [0.15, 0.2) is 18.2 Å². The van der Waals surface area contributed by atoms with E-state index < -0.39 is 11.6 Å². The minimum absolute atomic E-state index is 0.0721. The Morgan fingerprint density at radius 3 is 2.92 bits per heavy atom. The molecule has 0 spiro atoms. The summed E-state index contributed by atoms with van der Waals surface area (Å²) in [7, 11) is 0. The fraction of sp³-hybridized carbons (Fsp3) is 0.375. The van der Waals surface area contributed by atoms with E-state index in [0.29, 0.717) is 28.3 Å². The third-order valence-corrected chi connectivity index (χ3v) is 5.14. The first-order valence-corrected chi connectivity index (χ1v) is 8.51. The smallest absolute Gasteiger partial charge is 0.190 e. The molecule has 1 saturated heterocycles. The molecule has 1 aromatic heterocycles. The molecule has 1 atom stereocenters. The first kappa shape index (κ1) is 16.8. The van der Waals surface area contributed by atoms with Crippen molar-refractivity contribution in [1.82, 2.24) is 9.88 Å². The molecule has 1 fully saturated rings. The van der Waals surface area contributed by atoms with Gasteiger partial charge in [-0.1, -0.05) is 11.3 Å². The molecular weight excluding hydrogens is 334 g/mol. The average Bonchev–Trinajstić information content (AvgIpc) is 3.09. The second-order valence-corrected chi connectivity index (χ2v) is 6.87. The molecule has 5 nitrogen and oxygen atoms in total. The van der Waals surface area contributed by atoms with E-state index in [0.717, 1.165) is 42.9 Å². The first-order valence-electron chi connectivity index (χ1n) is 7.69. The summed E-state index contributed by atoms with van der Waals surface area (Å²) in [6.45, 7) is 3.33. The van der Waals surface area contributed by atoms with Crippen molar-refractivity contribution in [2.24, 2.45) is 0 Å². The maximum Gasteiger partial charge on any atom is 0.190 e. The Hall–Kier alpha value is -2.06. The number of hydrogen-bond donors (Lipinski definition) is 2. The lowest BCUT2D eigenvalue weighted by Gasteiger charge is -2.19. The molecule has 2 aromatic rings. The van der Waals surface area contributed by atoms with Crippen molar-refractivity contribution in [2.75, 3.05) is 24.1 Å². The number of thiazole rings is 1. The molecule has 0 bridgehead atoms. The van der Waals surface area contributed by atoms with E-state index in [2.05, 4.69) is 22.1 Å². The molecule has 1 unspecified atom stereocenters. The van der Waals surface area contributed by atoms with Crippen molar-refractivity contribution in [3.8, 4) is 0 Å². The summed E-state index contributed by atoms with van der Waals surface area (Å²) in [6.07, 6.45) is 2.18. The lowest BCUT2D eigenvalue weighted by atomic mass is 10.2. The summed E-state index contributed by atoms with van der Waals surface area (Å²) in [6, 6.07) is 3.84. The molecule has 2 heterocycles. The van der Waals surface area contributed by atoms with E-state index in [1.165, 1.54) is 6.07 Å². The zero-order valence-corrected chi connectivity index (χ0v) is 14.0. The number of nitrogens with one attached hydrogen (secondary N) is 1. The van der Waals surface area contributed by atoms with Gasteiger partial charge in [0.05, 0.1) is 6.54 Å². The molecule has 0 aliphatic carbocycles. The zero-order valence-electron chi connectivity index (χ0n) is 13.2. The number of nitrogens with two attached hydrogens (primary N) is 1. The number of Topliss-reactive ketones (excluding diaryl/α,β-unsaturated/α-hetero) is 1. The maximum atomic E-state index is 13.2. The molecule has 24 heavy (non-hydrogen) atoms. The Morgan fingerprint density at radius 2 is 2.25 bits per heavy atom. The third-order valence-electron chi connectivity index (χ3n) is 4.11. The molecule has 1 aliphatic rings. The SMILES string of the molecule is CC1CCCN1CC(=O)c1sc(Nc2ccc(F)c(F)c2)nc1N. The molecule has 128 valence electrons. The summed E-state index contributed by atoms with van der Waals surface area (Å²) in [4.78, 5) is 19.1. The van der Waals surface area contributed by atoms with Crippen molar-refractivity contribution >= 4 is 33.8 Å². The number of hydrogen-bond acceptors (Lipinski definition) is 6. The highest BCUT2D eigenvalue weighted by Crippen LogP contribution is 2.29.